The summed E-state index contributed by atoms with van der Waals surface area (Å²) in [5, 5.41) is 23.5. The van der Waals surface area contributed by atoms with Crippen molar-refractivity contribution in [3.63, 3.8) is 0 Å². The van der Waals surface area contributed by atoms with Gasteiger partial charge in [0.2, 0.25) is 0 Å². The quantitative estimate of drug-likeness (QED) is 0.337. The Morgan fingerprint density at radius 1 is 1.30 bits per heavy atom. The molecule has 2 atom stereocenters. The van der Waals surface area contributed by atoms with Gasteiger partial charge in [-0.15, -0.1) is 11.3 Å². The van der Waals surface area contributed by atoms with Gasteiger partial charge in [-0.1, -0.05) is 0 Å². The smallest absolute Gasteiger partial charge is 0.280 e. The Bertz CT molecular complexity index is 1410. The van der Waals surface area contributed by atoms with Crippen molar-refractivity contribution >= 4 is 40.2 Å². The molecule has 12 heteroatoms. The summed E-state index contributed by atoms with van der Waals surface area (Å²) >= 11 is 1.42. The number of amides is 1. The van der Waals surface area contributed by atoms with Gasteiger partial charge in [-0.25, -0.2) is 9.97 Å². The van der Waals surface area contributed by atoms with Crippen LogP contribution in [0.1, 0.15) is 28.1 Å². The molecule has 0 bridgehead atoms. The maximum Gasteiger partial charge on any atom is 0.280 e. The number of carbonyl (C=O) groups excluding carboxylic acids is 1. The van der Waals surface area contributed by atoms with Crippen molar-refractivity contribution in [3.8, 4) is 5.13 Å². The molecule has 5 rings (SSSR count). The highest BCUT2D eigenvalue weighted by Crippen LogP contribution is 2.23. The molecule has 0 unspecified atom stereocenters. The number of aliphatic hydroxyl groups excluding tert-OH is 1. The van der Waals surface area contributed by atoms with Crippen LogP contribution < -0.4 is 21.5 Å². The summed E-state index contributed by atoms with van der Waals surface area (Å²) in [5.74, 6) is 0.592. The standard InChI is InChI=1S/C21H22N8O3S/c1-11-9-23-21(33-11)28-7-3-4-14(20(28)32)25-16-8-17(22-2)29-18(27-16)12(10-24-29)19(31)26-13-5-6-15(13)30/h3-4,7-10,13,15,22,30H,5-6H2,1-2H3,(H,25,27)(H,26,31)/t13-,15-/m1/s1. The van der Waals surface area contributed by atoms with E-state index in [0.29, 0.717) is 34.5 Å². The van der Waals surface area contributed by atoms with Gasteiger partial charge in [0.15, 0.2) is 10.8 Å². The van der Waals surface area contributed by atoms with Crippen molar-refractivity contribution < 1.29 is 9.90 Å². The zero-order chi connectivity index (χ0) is 23.1. The van der Waals surface area contributed by atoms with E-state index in [9.17, 15) is 14.7 Å². The number of anilines is 3. The Kier molecular flexibility index (Phi) is 5.30. The number of thiazole rings is 1. The van der Waals surface area contributed by atoms with Crippen LogP contribution in [0.15, 0.2) is 41.6 Å². The Hall–Kier alpha value is -3.77. The van der Waals surface area contributed by atoms with Crippen molar-refractivity contribution in [1.82, 2.24) is 29.5 Å². The molecular formula is C21H22N8O3S. The molecule has 4 N–H and O–H groups in total. The molecule has 1 saturated carbocycles. The molecule has 4 aromatic rings. The summed E-state index contributed by atoms with van der Waals surface area (Å²) in [4.78, 5) is 35.6. The van der Waals surface area contributed by atoms with Gasteiger partial charge in [0.1, 0.15) is 22.9 Å². The Morgan fingerprint density at radius 3 is 2.82 bits per heavy atom. The van der Waals surface area contributed by atoms with E-state index in [1.165, 1.54) is 26.6 Å². The molecule has 1 fully saturated rings. The summed E-state index contributed by atoms with van der Waals surface area (Å²) in [6.07, 6.45) is 5.69. The Balaban J connectivity index is 1.50. The Morgan fingerprint density at radius 2 is 2.15 bits per heavy atom. The summed E-state index contributed by atoms with van der Waals surface area (Å²) < 4.78 is 2.98. The normalized spacial score (nSPS) is 17.5. The minimum atomic E-state index is -0.532. The minimum Gasteiger partial charge on any atom is -0.391 e. The molecule has 1 aliphatic carbocycles. The van der Waals surface area contributed by atoms with Crippen LogP contribution in [-0.4, -0.2) is 54.4 Å². The van der Waals surface area contributed by atoms with Gasteiger partial charge in [0, 0.05) is 30.4 Å². The van der Waals surface area contributed by atoms with E-state index in [2.05, 4.69) is 31.0 Å². The monoisotopic (exact) mass is 466 g/mol. The number of nitrogens with zero attached hydrogens (tertiary/aromatic N) is 5. The van der Waals surface area contributed by atoms with E-state index in [4.69, 9.17) is 0 Å². The van der Waals surface area contributed by atoms with Crippen LogP contribution in [0, 0.1) is 6.92 Å². The first-order valence-corrected chi connectivity index (χ1v) is 11.2. The third kappa shape index (κ3) is 3.83. The molecule has 0 radical (unpaired) electrons. The fourth-order valence-electron chi connectivity index (χ4n) is 3.59. The van der Waals surface area contributed by atoms with Crippen LogP contribution in [0.25, 0.3) is 10.8 Å². The van der Waals surface area contributed by atoms with Crippen LogP contribution in [0.4, 0.5) is 17.3 Å². The van der Waals surface area contributed by atoms with Crippen LogP contribution in [-0.2, 0) is 0 Å². The van der Waals surface area contributed by atoms with Gasteiger partial charge < -0.3 is 21.1 Å². The predicted octanol–water partition coefficient (Wildman–Crippen LogP) is 1.68. The minimum absolute atomic E-state index is 0.269. The molecule has 4 heterocycles. The Labute approximate surface area is 192 Å². The maximum absolute atomic E-state index is 13.0. The lowest BCUT2D eigenvalue weighted by molar-refractivity contribution is 0.0448. The molecule has 0 aromatic carbocycles. The van der Waals surface area contributed by atoms with Gasteiger partial charge in [0.25, 0.3) is 11.5 Å². The van der Waals surface area contributed by atoms with E-state index in [1.807, 2.05) is 6.92 Å². The van der Waals surface area contributed by atoms with E-state index in [-0.39, 0.29) is 23.1 Å². The second-order valence-corrected chi connectivity index (χ2v) is 8.98. The lowest BCUT2D eigenvalue weighted by Crippen LogP contribution is -2.50. The van der Waals surface area contributed by atoms with Crippen molar-refractivity contribution in [1.29, 1.82) is 0 Å². The van der Waals surface area contributed by atoms with Crippen LogP contribution >= 0.6 is 11.3 Å². The summed E-state index contributed by atoms with van der Waals surface area (Å²) in [5.41, 5.74) is 0.637. The summed E-state index contributed by atoms with van der Waals surface area (Å²) in [6.45, 7) is 1.93. The topological polar surface area (TPSA) is 138 Å². The average molecular weight is 467 g/mol. The molecule has 11 nitrogen and oxygen atoms in total. The molecular weight excluding hydrogens is 444 g/mol. The number of fused-ring (bicyclic) bond motifs is 1. The zero-order valence-corrected chi connectivity index (χ0v) is 18.8. The SMILES string of the molecule is CNc1cc(Nc2cccn(-c3ncc(C)s3)c2=O)nc2c(C(=O)N[C@@H]3CC[C@H]3O)cnn12. The average Bonchev–Trinajstić information content (AvgIpc) is 3.43. The van der Waals surface area contributed by atoms with Crippen molar-refractivity contribution in [3.05, 3.63) is 57.6 Å². The lowest BCUT2D eigenvalue weighted by Gasteiger charge is -2.32. The number of nitrogens with one attached hydrogen (secondary N) is 3. The van der Waals surface area contributed by atoms with Crippen molar-refractivity contribution in [2.24, 2.45) is 0 Å². The molecule has 0 aliphatic heterocycles. The van der Waals surface area contributed by atoms with Crippen LogP contribution in [0.5, 0.6) is 0 Å². The van der Waals surface area contributed by atoms with Gasteiger partial charge in [-0.2, -0.15) is 9.61 Å². The highest BCUT2D eigenvalue weighted by Gasteiger charge is 2.31. The highest BCUT2D eigenvalue weighted by atomic mass is 32.1. The second kappa shape index (κ2) is 8.30. The molecule has 0 spiro atoms. The summed E-state index contributed by atoms with van der Waals surface area (Å²) in [7, 11) is 1.73. The van der Waals surface area contributed by atoms with E-state index >= 15 is 0 Å². The number of aliphatic hydroxyl groups is 1. The first kappa shape index (κ1) is 21.1. The third-order valence-electron chi connectivity index (χ3n) is 5.55. The molecule has 0 saturated heterocycles. The molecule has 33 heavy (non-hydrogen) atoms. The third-order valence-corrected chi connectivity index (χ3v) is 6.46. The van der Waals surface area contributed by atoms with Crippen LogP contribution in [0.2, 0.25) is 0 Å². The number of aromatic nitrogens is 5. The van der Waals surface area contributed by atoms with E-state index < -0.39 is 6.10 Å². The van der Waals surface area contributed by atoms with Crippen molar-refractivity contribution in [2.75, 3.05) is 17.7 Å². The largest absolute Gasteiger partial charge is 0.391 e. The van der Waals surface area contributed by atoms with Gasteiger partial charge in [-0.3, -0.25) is 14.2 Å². The fourth-order valence-corrected chi connectivity index (χ4v) is 4.33. The second-order valence-electron chi connectivity index (χ2n) is 7.77. The number of carbonyl (C=O) groups is 1. The predicted molar refractivity (Wildman–Crippen MR) is 125 cm³/mol. The number of hydrogen-bond acceptors (Lipinski definition) is 9. The number of hydrogen-bond donors (Lipinski definition) is 4. The van der Waals surface area contributed by atoms with Crippen molar-refractivity contribution in [2.45, 2.75) is 31.9 Å². The zero-order valence-electron chi connectivity index (χ0n) is 17.9. The van der Waals surface area contributed by atoms with E-state index in [0.717, 1.165) is 11.3 Å². The first-order valence-electron chi connectivity index (χ1n) is 10.4. The first-order chi connectivity index (χ1) is 15.9. The molecule has 170 valence electrons. The maximum atomic E-state index is 13.0. The molecule has 1 amide bonds. The van der Waals surface area contributed by atoms with Gasteiger partial charge in [-0.05, 0) is 31.9 Å². The fraction of sp³-hybridized carbons (Fsp3) is 0.286. The summed E-state index contributed by atoms with van der Waals surface area (Å²) in [6, 6.07) is 4.84. The van der Waals surface area contributed by atoms with Gasteiger partial charge in [0.05, 0.1) is 18.3 Å². The lowest BCUT2D eigenvalue weighted by atomic mass is 9.89. The number of pyridine rings is 1. The van der Waals surface area contributed by atoms with Crippen LogP contribution in [0.3, 0.4) is 0 Å². The number of aryl methyl sites for hydroxylation is 1. The number of rotatable bonds is 6. The van der Waals surface area contributed by atoms with Gasteiger partial charge >= 0.3 is 0 Å². The van der Waals surface area contributed by atoms with E-state index in [1.54, 1.807) is 37.6 Å². The molecule has 4 aromatic heterocycles. The highest BCUT2D eigenvalue weighted by molar-refractivity contribution is 7.13. The molecule has 1 aliphatic rings.